The number of para-hydroxylation sites is 1. The van der Waals surface area contributed by atoms with Crippen molar-refractivity contribution in [3.05, 3.63) is 57.3 Å². The molecule has 0 amide bonds. The number of aliphatic carboxylic acids is 1. The van der Waals surface area contributed by atoms with Gasteiger partial charge < -0.3 is 9.84 Å². The standard InChI is InChI=1S/C15H11NO3/c17-15(18)10-5-8-6-19-7-11(8)13-9-3-1-2-4-12(9)16-14(10)13/h1-4H,5-7H2,(H,17,18). The van der Waals surface area contributed by atoms with Gasteiger partial charge in [-0.05, 0) is 17.2 Å². The summed E-state index contributed by atoms with van der Waals surface area (Å²) in [6.45, 7) is 1.09. The zero-order valence-corrected chi connectivity index (χ0v) is 10.1. The van der Waals surface area contributed by atoms with Gasteiger partial charge in [0.2, 0.25) is 0 Å². The smallest absolute Gasteiger partial charge is 0.334 e. The average molecular weight is 253 g/mol. The summed E-state index contributed by atoms with van der Waals surface area (Å²) in [5.74, 6) is -0.887. The number of ether oxygens (including phenoxy) is 1. The van der Waals surface area contributed by atoms with Crippen molar-refractivity contribution in [3.8, 4) is 0 Å². The molecule has 3 aliphatic rings. The van der Waals surface area contributed by atoms with Crippen LogP contribution in [0.2, 0.25) is 0 Å². The molecule has 0 unspecified atom stereocenters. The van der Waals surface area contributed by atoms with Crippen molar-refractivity contribution in [2.45, 2.75) is 6.42 Å². The molecule has 0 fully saturated rings. The lowest BCUT2D eigenvalue weighted by atomic mass is 9.87. The Hall–Kier alpha value is -2.20. The number of benzene rings is 1. The highest BCUT2D eigenvalue weighted by Gasteiger charge is 2.33. The van der Waals surface area contributed by atoms with E-state index in [9.17, 15) is 9.90 Å². The number of allylic oxidation sites excluding steroid dienone is 1. The molecule has 0 radical (unpaired) electrons. The number of rotatable bonds is 1. The molecule has 0 atom stereocenters. The molecule has 4 rings (SSSR count). The second kappa shape index (κ2) is 3.65. The zero-order chi connectivity index (χ0) is 13.0. The van der Waals surface area contributed by atoms with Crippen molar-refractivity contribution in [1.82, 2.24) is 0 Å². The minimum Gasteiger partial charge on any atom is -0.478 e. The van der Waals surface area contributed by atoms with Gasteiger partial charge in [0, 0.05) is 17.2 Å². The predicted molar refractivity (Wildman–Crippen MR) is 67.8 cm³/mol. The van der Waals surface area contributed by atoms with E-state index in [1.807, 2.05) is 24.3 Å². The molecule has 1 aromatic carbocycles. The highest BCUT2D eigenvalue weighted by atomic mass is 16.5. The number of hydrogen-bond acceptors (Lipinski definition) is 3. The van der Waals surface area contributed by atoms with Crippen LogP contribution in [-0.2, 0) is 9.53 Å². The molecule has 1 N–H and O–H groups in total. The third-order valence-corrected chi connectivity index (χ3v) is 3.83. The molecule has 2 aliphatic heterocycles. The van der Waals surface area contributed by atoms with Crippen LogP contribution in [0.5, 0.6) is 0 Å². The van der Waals surface area contributed by atoms with E-state index in [0.29, 0.717) is 30.9 Å². The molecule has 0 spiro atoms. The van der Waals surface area contributed by atoms with Crippen molar-refractivity contribution in [3.63, 3.8) is 0 Å². The lowest BCUT2D eigenvalue weighted by Gasteiger charge is -2.17. The topological polar surface area (TPSA) is 58.9 Å². The quantitative estimate of drug-likeness (QED) is 0.794. The van der Waals surface area contributed by atoms with Crippen molar-refractivity contribution >= 4 is 11.5 Å². The molecular formula is C15H11NO3. The van der Waals surface area contributed by atoms with E-state index in [0.717, 1.165) is 27.3 Å². The summed E-state index contributed by atoms with van der Waals surface area (Å²) in [7, 11) is 0. The monoisotopic (exact) mass is 253 g/mol. The third kappa shape index (κ3) is 1.37. The summed E-state index contributed by atoms with van der Waals surface area (Å²) in [6.07, 6.45) is 0.445. The maximum absolute atomic E-state index is 11.4. The summed E-state index contributed by atoms with van der Waals surface area (Å²) in [5.41, 5.74) is 4.19. The van der Waals surface area contributed by atoms with E-state index < -0.39 is 5.97 Å². The number of carboxylic acids is 1. The van der Waals surface area contributed by atoms with E-state index in [-0.39, 0.29) is 0 Å². The van der Waals surface area contributed by atoms with Gasteiger partial charge in [0.15, 0.2) is 0 Å². The van der Waals surface area contributed by atoms with Gasteiger partial charge in [-0.3, -0.25) is 0 Å². The van der Waals surface area contributed by atoms with Gasteiger partial charge in [-0.15, -0.1) is 0 Å². The number of carboxylic acid groups (broad SMARTS) is 1. The van der Waals surface area contributed by atoms with Crippen LogP contribution in [0.3, 0.4) is 0 Å². The maximum atomic E-state index is 11.4. The van der Waals surface area contributed by atoms with Gasteiger partial charge in [0.25, 0.3) is 0 Å². The van der Waals surface area contributed by atoms with Crippen LogP contribution in [0, 0.1) is 0 Å². The van der Waals surface area contributed by atoms with Crippen LogP contribution in [0.4, 0.5) is 0 Å². The van der Waals surface area contributed by atoms with Gasteiger partial charge in [0.1, 0.15) is 0 Å². The van der Waals surface area contributed by atoms with Crippen LogP contribution in [0.25, 0.3) is 5.57 Å². The van der Waals surface area contributed by atoms with Crippen molar-refractivity contribution in [2.24, 2.45) is 4.99 Å². The maximum Gasteiger partial charge on any atom is 0.334 e. The van der Waals surface area contributed by atoms with Gasteiger partial charge in [0.05, 0.1) is 29.8 Å². The summed E-state index contributed by atoms with van der Waals surface area (Å²) in [6, 6.07) is 7.79. The molecule has 1 aliphatic carbocycles. The van der Waals surface area contributed by atoms with Crippen molar-refractivity contribution in [2.75, 3.05) is 13.2 Å². The number of nitrogens with zero attached hydrogens (tertiary/aromatic N) is 1. The molecule has 0 saturated heterocycles. The highest BCUT2D eigenvalue weighted by Crippen LogP contribution is 2.39. The Labute approximate surface area is 109 Å². The lowest BCUT2D eigenvalue weighted by molar-refractivity contribution is -0.132. The van der Waals surface area contributed by atoms with Crippen molar-refractivity contribution in [1.29, 1.82) is 0 Å². The normalized spacial score (nSPS) is 20.1. The summed E-state index contributed by atoms with van der Waals surface area (Å²) < 4.78 is 5.49. The summed E-state index contributed by atoms with van der Waals surface area (Å²) >= 11 is 0. The van der Waals surface area contributed by atoms with Crippen LogP contribution < -0.4 is 10.6 Å². The second-order valence-electron chi connectivity index (χ2n) is 4.89. The van der Waals surface area contributed by atoms with E-state index in [4.69, 9.17) is 4.74 Å². The van der Waals surface area contributed by atoms with E-state index in [1.165, 1.54) is 0 Å². The summed E-state index contributed by atoms with van der Waals surface area (Å²) in [4.78, 5) is 16.0. The second-order valence-corrected chi connectivity index (χ2v) is 4.89. The lowest BCUT2D eigenvalue weighted by Crippen LogP contribution is -2.23. The fourth-order valence-corrected chi connectivity index (χ4v) is 2.96. The Kier molecular flexibility index (Phi) is 2.05. The van der Waals surface area contributed by atoms with Gasteiger partial charge in [-0.1, -0.05) is 18.2 Å². The average Bonchev–Trinajstić information content (AvgIpc) is 3.00. The molecule has 0 saturated carbocycles. The van der Waals surface area contributed by atoms with Crippen molar-refractivity contribution < 1.29 is 14.6 Å². The first kappa shape index (κ1) is 10.7. The first-order chi connectivity index (χ1) is 9.25. The van der Waals surface area contributed by atoms with Crippen LogP contribution in [0.15, 0.2) is 51.7 Å². The Morgan fingerprint density at radius 1 is 1.26 bits per heavy atom. The highest BCUT2D eigenvalue weighted by molar-refractivity contribution is 5.97. The number of carbonyl (C=O) groups is 1. The number of hydrogen-bond donors (Lipinski definition) is 1. The van der Waals surface area contributed by atoms with Gasteiger partial charge in [-0.25, -0.2) is 9.79 Å². The fourth-order valence-electron chi connectivity index (χ4n) is 2.96. The molecule has 19 heavy (non-hydrogen) atoms. The SMILES string of the molecule is O=C(O)C1=C2N=c3ccccc3=C2C2=C(COC2)C1. The molecule has 0 aromatic heterocycles. The molecule has 1 aromatic rings. The molecule has 4 nitrogen and oxygen atoms in total. The van der Waals surface area contributed by atoms with E-state index >= 15 is 0 Å². The molecule has 0 bridgehead atoms. The Morgan fingerprint density at radius 3 is 2.95 bits per heavy atom. The minimum absolute atomic E-state index is 0.385. The van der Waals surface area contributed by atoms with Gasteiger partial charge in [-0.2, -0.15) is 0 Å². The Morgan fingerprint density at radius 2 is 2.11 bits per heavy atom. The van der Waals surface area contributed by atoms with Crippen LogP contribution >= 0.6 is 0 Å². The Bertz CT molecular complexity index is 799. The molecule has 94 valence electrons. The Balaban J connectivity index is 2.12. The van der Waals surface area contributed by atoms with Crippen LogP contribution in [0.1, 0.15) is 6.42 Å². The largest absolute Gasteiger partial charge is 0.478 e. The van der Waals surface area contributed by atoms with Crippen LogP contribution in [-0.4, -0.2) is 24.3 Å². The first-order valence-electron chi connectivity index (χ1n) is 6.19. The van der Waals surface area contributed by atoms with E-state index in [1.54, 1.807) is 0 Å². The van der Waals surface area contributed by atoms with Gasteiger partial charge >= 0.3 is 5.97 Å². The fraction of sp³-hybridized carbons (Fsp3) is 0.200. The van der Waals surface area contributed by atoms with E-state index in [2.05, 4.69) is 4.99 Å². The zero-order valence-electron chi connectivity index (χ0n) is 10.1. The molecule has 2 heterocycles. The minimum atomic E-state index is -0.887. The number of fused-ring (bicyclic) bond motifs is 3. The predicted octanol–water partition coefficient (Wildman–Crippen LogP) is 0.540. The summed E-state index contributed by atoms with van der Waals surface area (Å²) in [5, 5.41) is 11.3. The molecular weight excluding hydrogens is 242 g/mol. The third-order valence-electron chi connectivity index (χ3n) is 3.83. The first-order valence-corrected chi connectivity index (χ1v) is 6.19. The molecule has 4 heteroatoms.